The summed E-state index contributed by atoms with van der Waals surface area (Å²) < 4.78 is 32.0. The second-order valence-corrected chi connectivity index (χ2v) is 7.26. The zero-order valence-electron chi connectivity index (χ0n) is 12.3. The number of aliphatic hydroxyl groups is 1. The number of hydrogen-bond acceptors (Lipinski definition) is 5. The molecule has 0 saturated carbocycles. The molecule has 1 aromatic heterocycles. The third kappa shape index (κ3) is 5.24. The highest BCUT2D eigenvalue weighted by atomic mass is 32.2. The summed E-state index contributed by atoms with van der Waals surface area (Å²) >= 11 is 0. The highest BCUT2D eigenvalue weighted by molar-refractivity contribution is 7.89. The highest BCUT2D eigenvalue weighted by Crippen LogP contribution is 2.22. The summed E-state index contributed by atoms with van der Waals surface area (Å²) in [5.41, 5.74) is -0.212. The molecule has 0 bridgehead atoms. The Balaban J connectivity index is 2.64. The lowest BCUT2D eigenvalue weighted by molar-refractivity contribution is 0.242. The molecule has 6 nitrogen and oxygen atoms in total. The minimum Gasteiger partial charge on any atom is -0.447 e. The predicted molar refractivity (Wildman–Crippen MR) is 76.8 cm³/mol. The third-order valence-corrected chi connectivity index (χ3v) is 4.28. The quantitative estimate of drug-likeness (QED) is 0.635. The van der Waals surface area contributed by atoms with Crippen LogP contribution in [0.2, 0.25) is 0 Å². The summed E-state index contributed by atoms with van der Waals surface area (Å²) in [6, 6.07) is 3.09. The van der Waals surface area contributed by atoms with E-state index in [0.29, 0.717) is 25.3 Å². The van der Waals surface area contributed by atoms with Crippen LogP contribution >= 0.6 is 0 Å². The predicted octanol–water partition coefficient (Wildman–Crippen LogP) is 1.08. The second-order valence-electron chi connectivity index (χ2n) is 5.57. The van der Waals surface area contributed by atoms with E-state index in [1.54, 1.807) is 13.1 Å². The van der Waals surface area contributed by atoms with Gasteiger partial charge in [-0.15, -0.1) is 0 Å². The first kappa shape index (κ1) is 17.2. The summed E-state index contributed by atoms with van der Waals surface area (Å²) in [4.78, 5) is 0. The van der Waals surface area contributed by atoms with Gasteiger partial charge in [-0.05, 0) is 37.4 Å². The van der Waals surface area contributed by atoms with E-state index >= 15 is 0 Å². The molecule has 0 spiro atoms. The molecule has 3 N–H and O–H groups in total. The first-order valence-electron chi connectivity index (χ1n) is 6.64. The summed E-state index contributed by atoms with van der Waals surface area (Å²) in [6.45, 7) is 4.82. The molecule has 0 amide bonds. The molecule has 0 aromatic carbocycles. The Morgan fingerprint density at radius 1 is 1.35 bits per heavy atom. The van der Waals surface area contributed by atoms with Crippen LogP contribution in [0.4, 0.5) is 0 Å². The van der Waals surface area contributed by atoms with Crippen LogP contribution in [0, 0.1) is 5.41 Å². The zero-order chi connectivity index (χ0) is 15.2. The maximum Gasteiger partial charge on any atom is 0.273 e. The maximum absolute atomic E-state index is 12.1. The van der Waals surface area contributed by atoms with Crippen LogP contribution in [0.1, 0.15) is 32.4 Å². The second kappa shape index (κ2) is 7.21. The van der Waals surface area contributed by atoms with Crippen LogP contribution in [-0.4, -0.2) is 33.7 Å². The van der Waals surface area contributed by atoms with Crippen molar-refractivity contribution in [2.75, 3.05) is 20.2 Å². The smallest absolute Gasteiger partial charge is 0.273 e. The summed E-state index contributed by atoms with van der Waals surface area (Å²) in [5.74, 6) is 0.576. The number of aliphatic hydroxyl groups excluding tert-OH is 1. The number of furan rings is 1. The van der Waals surface area contributed by atoms with E-state index < -0.39 is 10.0 Å². The van der Waals surface area contributed by atoms with Crippen molar-refractivity contribution in [2.45, 2.75) is 38.3 Å². The van der Waals surface area contributed by atoms with Gasteiger partial charge in [-0.25, -0.2) is 13.1 Å². The van der Waals surface area contributed by atoms with Gasteiger partial charge in [0.2, 0.25) is 5.09 Å². The topological polar surface area (TPSA) is 91.6 Å². The summed E-state index contributed by atoms with van der Waals surface area (Å²) in [7, 11) is -1.86. The zero-order valence-corrected chi connectivity index (χ0v) is 13.1. The average molecular weight is 304 g/mol. The largest absolute Gasteiger partial charge is 0.447 e. The molecular formula is C13H24N2O4S. The van der Waals surface area contributed by atoms with Gasteiger partial charge in [-0.2, -0.15) is 0 Å². The van der Waals surface area contributed by atoms with Crippen molar-refractivity contribution in [3.8, 4) is 0 Å². The van der Waals surface area contributed by atoms with Crippen molar-refractivity contribution in [3.63, 3.8) is 0 Å². The van der Waals surface area contributed by atoms with Crippen LogP contribution in [0.25, 0.3) is 0 Å². The lowest BCUT2D eigenvalue weighted by Gasteiger charge is -2.24. The molecule has 1 aromatic rings. The standard InChI is InChI=1S/C13H24N2O4S/c1-13(2,7-4-8-16)10-15-20(17,18)12-6-5-11(19-12)9-14-3/h5-6,14-16H,4,7-10H2,1-3H3. The van der Waals surface area contributed by atoms with E-state index in [9.17, 15) is 8.42 Å². The fourth-order valence-corrected chi connectivity index (χ4v) is 2.97. The molecule has 1 heterocycles. The molecule has 116 valence electrons. The van der Waals surface area contributed by atoms with Crippen molar-refractivity contribution in [1.82, 2.24) is 10.0 Å². The molecule has 7 heteroatoms. The van der Waals surface area contributed by atoms with Crippen molar-refractivity contribution in [3.05, 3.63) is 17.9 Å². The van der Waals surface area contributed by atoms with Gasteiger partial charge in [0, 0.05) is 13.2 Å². The molecule has 0 atom stereocenters. The van der Waals surface area contributed by atoms with Crippen molar-refractivity contribution in [1.29, 1.82) is 0 Å². The van der Waals surface area contributed by atoms with E-state index in [1.165, 1.54) is 6.07 Å². The number of nitrogens with one attached hydrogen (secondary N) is 2. The molecule has 0 aliphatic heterocycles. The Morgan fingerprint density at radius 3 is 2.65 bits per heavy atom. The first-order valence-corrected chi connectivity index (χ1v) is 8.13. The fraction of sp³-hybridized carbons (Fsp3) is 0.692. The molecule has 20 heavy (non-hydrogen) atoms. The molecule has 0 saturated heterocycles. The Kier molecular flexibility index (Phi) is 6.19. The number of rotatable bonds is 9. The van der Waals surface area contributed by atoms with Gasteiger partial charge in [0.05, 0.1) is 6.54 Å². The minimum atomic E-state index is -3.62. The van der Waals surface area contributed by atoms with E-state index in [2.05, 4.69) is 10.0 Å². The van der Waals surface area contributed by atoms with Crippen LogP contribution in [0.3, 0.4) is 0 Å². The van der Waals surface area contributed by atoms with Crippen molar-refractivity contribution in [2.24, 2.45) is 5.41 Å². The molecule has 0 radical (unpaired) electrons. The molecule has 1 rings (SSSR count). The maximum atomic E-state index is 12.1. The lowest BCUT2D eigenvalue weighted by Crippen LogP contribution is -2.34. The highest BCUT2D eigenvalue weighted by Gasteiger charge is 2.24. The Morgan fingerprint density at radius 2 is 2.05 bits per heavy atom. The van der Waals surface area contributed by atoms with Gasteiger partial charge in [-0.3, -0.25) is 0 Å². The monoisotopic (exact) mass is 304 g/mol. The molecule has 0 unspecified atom stereocenters. The summed E-state index contributed by atoms with van der Waals surface area (Å²) in [6.07, 6.45) is 1.40. The van der Waals surface area contributed by atoms with Crippen LogP contribution < -0.4 is 10.0 Å². The number of sulfonamides is 1. The normalized spacial score (nSPS) is 12.8. The van der Waals surface area contributed by atoms with E-state index in [1.807, 2.05) is 13.8 Å². The van der Waals surface area contributed by atoms with Crippen molar-refractivity contribution < 1.29 is 17.9 Å². The van der Waals surface area contributed by atoms with Crippen LogP contribution in [-0.2, 0) is 16.6 Å². The van der Waals surface area contributed by atoms with E-state index in [4.69, 9.17) is 9.52 Å². The van der Waals surface area contributed by atoms with Gasteiger partial charge in [-0.1, -0.05) is 13.8 Å². The van der Waals surface area contributed by atoms with Gasteiger partial charge in [0.1, 0.15) is 5.76 Å². The molecule has 0 aliphatic rings. The van der Waals surface area contributed by atoms with E-state index in [0.717, 1.165) is 6.42 Å². The molecule has 0 aliphatic carbocycles. The first-order chi connectivity index (χ1) is 9.30. The third-order valence-electron chi connectivity index (χ3n) is 3.01. The summed E-state index contributed by atoms with van der Waals surface area (Å²) in [5, 5.41) is 11.7. The Bertz CT molecular complexity index is 508. The van der Waals surface area contributed by atoms with Crippen molar-refractivity contribution >= 4 is 10.0 Å². The van der Waals surface area contributed by atoms with Crippen LogP contribution in [0.5, 0.6) is 0 Å². The van der Waals surface area contributed by atoms with Gasteiger partial charge < -0.3 is 14.8 Å². The fourth-order valence-electron chi connectivity index (χ4n) is 1.78. The SMILES string of the molecule is CNCc1ccc(S(=O)(=O)NCC(C)(C)CCCO)o1. The average Bonchev–Trinajstić information content (AvgIpc) is 2.84. The van der Waals surface area contributed by atoms with Gasteiger partial charge in [0.25, 0.3) is 10.0 Å². The minimum absolute atomic E-state index is 0.0688. The molecular weight excluding hydrogens is 280 g/mol. The molecule has 0 fully saturated rings. The van der Waals surface area contributed by atoms with Gasteiger partial charge >= 0.3 is 0 Å². The van der Waals surface area contributed by atoms with Gasteiger partial charge in [0.15, 0.2) is 0 Å². The number of hydrogen-bond donors (Lipinski definition) is 3. The van der Waals surface area contributed by atoms with Crippen LogP contribution in [0.15, 0.2) is 21.6 Å². The lowest BCUT2D eigenvalue weighted by atomic mass is 9.88. The van der Waals surface area contributed by atoms with E-state index in [-0.39, 0.29) is 17.1 Å². The Labute approximate surface area is 120 Å². The Hall–Kier alpha value is -0.890.